The predicted octanol–water partition coefficient (Wildman–Crippen LogP) is 3.35. The Kier molecular flexibility index (Phi) is 2.85. The molecule has 1 nitrogen and oxygen atoms in total. The lowest BCUT2D eigenvalue weighted by molar-refractivity contribution is -0.104. The van der Waals surface area contributed by atoms with E-state index in [0.717, 1.165) is 19.4 Å². The van der Waals surface area contributed by atoms with Crippen LogP contribution in [0.15, 0.2) is 0 Å². The van der Waals surface area contributed by atoms with Crippen LogP contribution in [0.2, 0.25) is 0 Å². The molecule has 2 saturated carbocycles. The van der Waals surface area contributed by atoms with Crippen LogP contribution in [0.5, 0.6) is 0 Å². The minimum Gasteiger partial charge on any atom is -0.378 e. The highest BCUT2D eigenvalue weighted by Crippen LogP contribution is 2.57. The Hall–Kier alpha value is 0.250. The maximum Gasteiger partial charge on any atom is 0.0659 e. The van der Waals surface area contributed by atoms with Crippen LogP contribution in [0, 0.1) is 5.41 Å². The molecule has 0 N–H and O–H groups in total. The van der Waals surface area contributed by atoms with Gasteiger partial charge in [0.05, 0.1) is 6.10 Å². The molecule has 2 aliphatic carbocycles. The van der Waals surface area contributed by atoms with E-state index in [2.05, 4.69) is 6.92 Å². The lowest BCUT2D eigenvalue weighted by Gasteiger charge is -2.51. The first-order valence-electron chi connectivity index (χ1n) is 5.55. The van der Waals surface area contributed by atoms with Crippen LogP contribution >= 0.6 is 11.6 Å². The minimum absolute atomic E-state index is 0.386. The van der Waals surface area contributed by atoms with E-state index in [1.54, 1.807) is 0 Å². The molecule has 2 unspecified atom stereocenters. The summed E-state index contributed by atoms with van der Waals surface area (Å²) in [6.45, 7) is 3.08. The van der Waals surface area contributed by atoms with Crippen molar-refractivity contribution in [3.63, 3.8) is 0 Å². The Morgan fingerprint density at radius 2 is 2.08 bits per heavy atom. The summed E-state index contributed by atoms with van der Waals surface area (Å²) in [4.78, 5) is 0. The van der Waals surface area contributed by atoms with E-state index in [-0.39, 0.29) is 0 Å². The van der Waals surface area contributed by atoms with Crippen molar-refractivity contribution in [1.82, 2.24) is 0 Å². The maximum absolute atomic E-state index is 6.31. The van der Waals surface area contributed by atoms with E-state index < -0.39 is 0 Å². The fourth-order valence-corrected chi connectivity index (χ4v) is 3.38. The van der Waals surface area contributed by atoms with Crippen LogP contribution in [-0.2, 0) is 4.74 Å². The van der Waals surface area contributed by atoms with Gasteiger partial charge in [-0.2, -0.15) is 0 Å². The Labute approximate surface area is 85.8 Å². The molecule has 0 heterocycles. The van der Waals surface area contributed by atoms with Gasteiger partial charge in [-0.25, -0.2) is 0 Å². The summed E-state index contributed by atoms with van der Waals surface area (Å²) in [7, 11) is 0. The average Bonchev–Trinajstić information content (AvgIpc) is 2.63. The van der Waals surface area contributed by atoms with Crippen molar-refractivity contribution in [2.75, 3.05) is 6.61 Å². The highest BCUT2D eigenvalue weighted by molar-refractivity contribution is 6.21. The topological polar surface area (TPSA) is 9.23 Å². The molecule has 0 bridgehead atoms. The van der Waals surface area contributed by atoms with Gasteiger partial charge in [0.15, 0.2) is 0 Å². The smallest absolute Gasteiger partial charge is 0.0659 e. The van der Waals surface area contributed by atoms with Crippen molar-refractivity contribution in [1.29, 1.82) is 0 Å². The van der Waals surface area contributed by atoms with Gasteiger partial charge in [0, 0.05) is 17.4 Å². The standard InChI is InChI=1S/C11H19ClO/c1-2-7-13-10-8-9(12)11(10)5-3-4-6-11/h9-10H,2-8H2,1H3. The van der Waals surface area contributed by atoms with Crippen LogP contribution in [0.1, 0.15) is 45.4 Å². The number of alkyl halides is 1. The fourth-order valence-electron chi connectivity index (χ4n) is 2.86. The van der Waals surface area contributed by atoms with Crippen LogP contribution in [0.3, 0.4) is 0 Å². The molecule has 2 rings (SSSR count). The Morgan fingerprint density at radius 1 is 1.38 bits per heavy atom. The summed E-state index contributed by atoms with van der Waals surface area (Å²) in [5, 5.41) is 0.400. The van der Waals surface area contributed by atoms with Gasteiger partial charge in [-0.15, -0.1) is 11.6 Å². The third-order valence-electron chi connectivity index (χ3n) is 3.74. The molecule has 0 aliphatic heterocycles. The van der Waals surface area contributed by atoms with Gasteiger partial charge in [-0.3, -0.25) is 0 Å². The SMILES string of the molecule is CCCOC1CC(Cl)C12CCCC2. The summed E-state index contributed by atoms with van der Waals surface area (Å²) in [6, 6.07) is 0. The molecule has 2 atom stereocenters. The third kappa shape index (κ3) is 1.50. The van der Waals surface area contributed by atoms with Crippen LogP contribution < -0.4 is 0 Å². The third-order valence-corrected chi connectivity index (χ3v) is 4.36. The van der Waals surface area contributed by atoms with E-state index in [0.29, 0.717) is 16.9 Å². The van der Waals surface area contributed by atoms with Crippen LogP contribution in [0.25, 0.3) is 0 Å². The second-order valence-corrected chi connectivity index (χ2v) is 5.03. The Bertz CT molecular complexity index is 175. The molecule has 0 radical (unpaired) electrons. The molecular formula is C11H19ClO. The minimum atomic E-state index is 0.386. The van der Waals surface area contributed by atoms with Crippen molar-refractivity contribution >= 4 is 11.6 Å². The number of halogens is 1. The van der Waals surface area contributed by atoms with E-state index in [1.807, 2.05) is 0 Å². The van der Waals surface area contributed by atoms with Crippen LogP contribution in [-0.4, -0.2) is 18.1 Å². The molecule has 0 aromatic rings. The van der Waals surface area contributed by atoms with Crippen molar-refractivity contribution < 1.29 is 4.74 Å². The molecule has 2 heteroatoms. The van der Waals surface area contributed by atoms with Gasteiger partial charge in [0.1, 0.15) is 0 Å². The molecule has 0 aromatic heterocycles. The maximum atomic E-state index is 6.31. The summed E-state index contributed by atoms with van der Waals surface area (Å²) in [5.74, 6) is 0. The summed E-state index contributed by atoms with van der Waals surface area (Å²) < 4.78 is 5.85. The highest BCUT2D eigenvalue weighted by atomic mass is 35.5. The van der Waals surface area contributed by atoms with Gasteiger partial charge < -0.3 is 4.74 Å². The number of rotatable bonds is 3. The molecule has 13 heavy (non-hydrogen) atoms. The van der Waals surface area contributed by atoms with E-state index >= 15 is 0 Å². The van der Waals surface area contributed by atoms with E-state index in [9.17, 15) is 0 Å². The predicted molar refractivity (Wildman–Crippen MR) is 55.2 cm³/mol. The van der Waals surface area contributed by atoms with E-state index in [4.69, 9.17) is 16.3 Å². The first-order chi connectivity index (χ1) is 6.29. The Morgan fingerprint density at radius 3 is 2.62 bits per heavy atom. The number of ether oxygens (including phenoxy) is 1. The largest absolute Gasteiger partial charge is 0.378 e. The molecule has 2 aliphatic rings. The first kappa shape index (κ1) is 9.79. The number of hydrogen-bond acceptors (Lipinski definition) is 1. The second kappa shape index (κ2) is 3.78. The summed E-state index contributed by atoms with van der Waals surface area (Å²) in [5.41, 5.74) is 0.386. The van der Waals surface area contributed by atoms with Crippen LogP contribution in [0.4, 0.5) is 0 Å². The zero-order chi connectivity index (χ0) is 9.31. The Balaban J connectivity index is 1.91. The molecule has 0 saturated heterocycles. The van der Waals surface area contributed by atoms with Crippen molar-refractivity contribution in [3.05, 3.63) is 0 Å². The molecule has 76 valence electrons. The molecule has 2 fully saturated rings. The lowest BCUT2D eigenvalue weighted by Crippen LogP contribution is -2.54. The lowest BCUT2D eigenvalue weighted by atomic mass is 9.64. The second-order valence-electron chi connectivity index (χ2n) is 4.50. The van der Waals surface area contributed by atoms with Crippen molar-refractivity contribution in [3.8, 4) is 0 Å². The first-order valence-corrected chi connectivity index (χ1v) is 5.99. The van der Waals surface area contributed by atoms with Gasteiger partial charge in [0.2, 0.25) is 0 Å². The van der Waals surface area contributed by atoms with E-state index in [1.165, 1.54) is 25.7 Å². The normalized spacial score (nSPS) is 36.5. The van der Waals surface area contributed by atoms with Crippen molar-refractivity contribution in [2.24, 2.45) is 5.41 Å². The monoisotopic (exact) mass is 202 g/mol. The molecule has 0 aromatic carbocycles. The van der Waals surface area contributed by atoms with Gasteiger partial charge in [-0.1, -0.05) is 19.8 Å². The quantitative estimate of drug-likeness (QED) is 0.638. The van der Waals surface area contributed by atoms with Crippen molar-refractivity contribution in [2.45, 2.75) is 56.9 Å². The van der Waals surface area contributed by atoms with Gasteiger partial charge in [-0.05, 0) is 25.7 Å². The van der Waals surface area contributed by atoms with Gasteiger partial charge >= 0.3 is 0 Å². The number of hydrogen-bond donors (Lipinski definition) is 0. The molecule has 1 spiro atoms. The molecular weight excluding hydrogens is 184 g/mol. The fraction of sp³-hybridized carbons (Fsp3) is 1.00. The zero-order valence-electron chi connectivity index (χ0n) is 8.39. The highest BCUT2D eigenvalue weighted by Gasteiger charge is 2.55. The summed E-state index contributed by atoms with van der Waals surface area (Å²) in [6.07, 6.45) is 8.01. The summed E-state index contributed by atoms with van der Waals surface area (Å²) >= 11 is 6.31. The zero-order valence-corrected chi connectivity index (χ0v) is 9.15. The average molecular weight is 203 g/mol. The molecule has 0 amide bonds. The van der Waals surface area contributed by atoms with Gasteiger partial charge in [0.25, 0.3) is 0 Å².